The summed E-state index contributed by atoms with van der Waals surface area (Å²) < 4.78 is 9.96. The highest BCUT2D eigenvalue weighted by Crippen LogP contribution is 2.52. The molecule has 2 aliphatic carbocycles. The number of halogens is 1. The average Bonchev–Trinajstić information content (AvgIpc) is 3.33. The van der Waals surface area contributed by atoms with Gasteiger partial charge in [0.15, 0.2) is 6.61 Å². The molecule has 1 saturated carbocycles. The third kappa shape index (κ3) is 3.02. The standard InChI is InChI=1S/C19H17ClN2O5/c1-26-15(23)9-27-14-5-4-13(20)7-12(14)8-21-22-18(24)16-10-2-3-11(6-10)17(16)19(22)25/h2-5,7-8,10-11,16-17H,6,9H2,1H3. The molecule has 0 aromatic heterocycles. The molecule has 2 amide bonds. The minimum absolute atomic E-state index is 0.127. The van der Waals surface area contributed by atoms with Gasteiger partial charge in [0.05, 0.1) is 25.2 Å². The number of benzene rings is 1. The van der Waals surface area contributed by atoms with Crippen LogP contribution in [0.25, 0.3) is 0 Å². The van der Waals surface area contributed by atoms with Gasteiger partial charge in [-0.3, -0.25) is 9.59 Å². The van der Waals surface area contributed by atoms with Gasteiger partial charge in [-0.25, -0.2) is 4.79 Å². The van der Waals surface area contributed by atoms with Gasteiger partial charge < -0.3 is 9.47 Å². The van der Waals surface area contributed by atoms with Crippen molar-refractivity contribution in [3.8, 4) is 5.75 Å². The normalized spacial score (nSPS) is 28.3. The summed E-state index contributed by atoms with van der Waals surface area (Å²) in [5, 5.41) is 5.49. The Hall–Kier alpha value is -2.67. The van der Waals surface area contributed by atoms with Crippen LogP contribution in [0, 0.1) is 23.7 Å². The summed E-state index contributed by atoms with van der Waals surface area (Å²) in [4.78, 5) is 36.6. The van der Waals surface area contributed by atoms with Crippen LogP contribution < -0.4 is 4.74 Å². The highest BCUT2D eigenvalue weighted by Gasteiger charge is 2.59. The summed E-state index contributed by atoms with van der Waals surface area (Å²) in [6.45, 7) is -0.278. The fourth-order valence-corrected chi connectivity index (χ4v) is 4.25. The zero-order valence-corrected chi connectivity index (χ0v) is 15.3. The molecular weight excluding hydrogens is 372 g/mol. The Bertz CT molecular complexity index is 851. The van der Waals surface area contributed by atoms with Crippen LogP contribution in [0.3, 0.4) is 0 Å². The van der Waals surface area contributed by atoms with Crippen molar-refractivity contribution in [1.82, 2.24) is 5.01 Å². The van der Waals surface area contributed by atoms with Gasteiger partial charge in [0.25, 0.3) is 11.8 Å². The smallest absolute Gasteiger partial charge is 0.343 e. The Kier molecular flexibility index (Phi) is 4.47. The summed E-state index contributed by atoms with van der Waals surface area (Å²) in [6, 6.07) is 4.76. The van der Waals surface area contributed by atoms with Crippen LogP contribution in [0.1, 0.15) is 12.0 Å². The number of fused-ring (bicyclic) bond motifs is 5. The number of ether oxygens (including phenoxy) is 2. The van der Waals surface area contributed by atoms with Gasteiger partial charge in [-0.1, -0.05) is 23.8 Å². The van der Waals surface area contributed by atoms with E-state index < -0.39 is 5.97 Å². The lowest BCUT2D eigenvalue weighted by Gasteiger charge is -2.13. The maximum Gasteiger partial charge on any atom is 0.343 e. The molecule has 1 heterocycles. The van der Waals surface area contributed by atoms with Crippen LogP contribution in [0.2, 0.25) is 5.02 Å². The predicted molar refractivity (Wildman–Crippen MR) is 96.1 cm³/mol. The number of hydrogen-bond donors (Lipinski definition) is 0. The van der Waals surface area contributed by atoms with Crippen molar-refractivity contribution in [2.45, 2.75) is 6.42 Å². The SMILES string of the molecule is COC(=O)COc1ccc(Cl)cc1C=NN1C(=O)C2C3C=CC(C3)C2C1=O. The van der Waals surface area contributed by atoms with E-state index in [0.29, 0.717) is 16.3 Å². The van der Waals surface area contributed by atoms with Crippen molar-refractivity contribution in [1.29, 1.82) is 0 Å². The number of allylic oxidation sites excluding steroid dienone is 2. The lowest BCUT2D eigenvalue weighted by Crippen LogP contribution is -2.28. The molecule has 3 aliphatic rings. The quantitative estimate of drug-likeness (QED) is 0.333. The first-order valence-corrected chi connectivity index (χ1v) is 8.96. The number of imide groups is 1. The molecule has 1 saturated heterocycles. The molecule has 1 aromatic carbocycles. The van der Waals surface area contributed by atoms with Gasteiger partial charge in [-0.05, 0) is 36.5 Å². The third-order valence-corrected chi connectivity index (χ3v) is 5.54. The lowest BCUT2D eigenvalue weighted by atomic mass is 9.85. The van der Waals surface area contributed by atoms with E-state index in [-0.39, 0.29) is 42.1 Å². The molecule has 1 aromatic rings. The Morgan fingerprint density at radius 3 is 2.56 bits per heavy atom. The van der Waals surface area contributed by atoms with E-state index in [4.69, 9.17) is 16.3 Å². The Balaban J connectivity index is 1.55. The van der Waals surface area contributed by atoms with E-state index in [1.165, 1.54) is 13.3 Å². The van der Waals surface area contributed by atoms with E-state index >= 15 is 0 Å². The number of methoxy groups -OCH3 is 1. The van der Waals surface area contributed by atoms with E-state index in [0.717, 1.165) is 11.4 Å². The monoisotopic (exact) mass is 388 g/mol. The topological polar surface area (TPSA) is 85.3 Å². The maximum absolute atomic E-state index is 12.7. The van der Waals surface area contributed by atoms with Gasteiger partial charge in [0.1, 0.15) is 5.75 Å². The zero-order valence-electron chi connectivity index (χ0n) is 14.5. The van der Waals surface area contributed by atoms with Gasteiger partial charge in [0, 0.05) is 10.6 Å². The third-order valence-electron chi connectivity index (χ3n) is 5.30. The van der Waals surface area contributed by atoms with Gasteiger partial charge in [-0.15, -0.1) is 0 Å². The molecule has 0 N–H and O–H groups in total. The second-order valence-electron chi connectivity index (χ2n) is 6.78. The van der Waals surface area contributed by atoms with E-state index in [1.807, 2.05) is 12.2 Å². The molecule has 8 heteroatoms. The van der Waals surface area contributed by atoms with Crippen molar-refractivity contribution in [2.75, 3.05) is 13.7 Å². The van der Waals surface area contributed by atoms with E-state index in [9.17, 15) is 14.4 Å². The van der Waals surface area contributed by atoms with Crippen molar-refractivity contribution in [3.63, 3.8) is 0 Å². The summed E-state index contributed by atoms with van der Waals surface area (Å²) in [5.41, 5.74) is 0.449. The first-order valence-electron chi connectivity index (χ1n) is 8.59. The number of carbonyl (C=O) groups is 3. The number of hydrazone groups is 1. The summed E-state index contributed by atoms with van der Waals surface area (Å²) in [5.74, 6) is -1.08. The molecule has 4 unspecified atom stereocenters. The van der Waals surface area contributed by atoms with Crippen LogP contribution in [-0.4, -0.2) is 42.7 Å². The molecule has 2 fully saturated rings. The van der Waals surface area contributed by atoms with Crippen LogP contribution in [0.4, 0.5) is 0 Å². The highest BCUT2D eigenvalue weighted by molar-refractivity contribution is 6.31. The fraction of sp³-hybridized carbons (Fsp3) is 0.368. The number of rotatable bonds is 5. The molecule has 0 radical (unpaired) electrons. The van der Waals surface area contributed by atoms with E-state index in [2.05, 4.69) is 9.84 Å². The maximum atomic E-state index is 12.7. The second kappa shape index (κ2) is 6.81. The second-order valence-corrected chi connectivity index (χ2v) is 7.22. The number of hydrogen-bond acceptors (Lipinski definition) is 6. The fourth-order valence-electron chi connectivity index (χ4n) is 4.07. The van der Waals surface area contributed by atoms with Crippen molar-refractivity contribution in [3.05, 3.63) is 40.9 Å². The summed E-state index contributed by atoms with van der Waals surface area (Å²) >= 11 is 6.02. The minimum Gasteiger partial charge on any atom is -0.481 e. The number of nitrogens with zero attached hydrogens (tertiary/aromatic N) is 2. The van der Waals surface area contributed by atoms with Crippen LogP contribution in [0.5, 0.6) is 5.75 Å². The lowest BCUT2D eigenvalue weighted by molar-refractivity contribution is -0.143. The largest absolute Gasteiger partial charge is 0.481 e. The molecular formula is C19H17ClN2O5. The Morgan fingerprint density at radius 2 is 1.93 bits per heavy atom. The number of esters is 1. The van der Waals surface area contributed by atoms with Gasteiger partial charge in [0.2, 0.25) is 0 Å². The molecule has 27 heavy (non-hydrogen) atoms. The van der Waals surface area contributed by atoms with Crippen molar-refractivity contribution >= 4 is 35.6 Å². The minimum atomic E-state index is -0.534. The molecule has 2 bridgehead atoms. The zero-order chi connectivity index (χ0) is 19.1. The van der Waals surface area contributed by atoms with Crippen molar-refractivity contribution in [2.24, 2.45) is 28.8 Å². The molecule has 4 atom stereocenters. The van der Waals surface area contributed by atoms with Crippen molar-refractivity contribution < 1.29 is 23.9 Å². The predicted octanol–water partition coefficient (Wildman–Crippen LogP) is 2.03. The van der Waals surface area contributed by atoms with Gasteiger partial charge in [-0.2, -0.15) is 10.1 Å². The Labute approximate surface area is 160 Å². The molecule has 1 aliphatic heterocycles. The highest BCUT2D eigenvalue weighted by atomic mass is 35.5. The molecule has 140 valence electrons. The van der Waals surface area contributed by atoms with Gasteiger partial charge >= 0.3 is 5.97 Å². The molecule has 0 spiro atoms. The van der Waals surface area contributed by atoms with Crippen LogP contribution >= 0.6 is 11.6 Å². The Morgan fingerprint density at radius 1 is 1.26 bits per heavy atom. The average molecular weight is 389 g/mol. The number of amides is 2. The number of carbonyl (C=O) groups excluding carboxylic acids is 3. The first-order chi connectivity index (χ1) is 13.0. The molecule has 4 rings (SSSR count). The van der Waals surface area contributed by atoms with Crippen LogP contribution in [-0.2, 0) is 19.1 Å². The molecule has 7 nitrogen and oxygen atoms in total. The summed E-state index contributed by atoms with van der Waals surface area (Å²) in [6.07, 6.45) is 6.27. The van der Waals surface area contributed by atoms with Crippen LogP contribution in [0.15, 0.2) is 35.5 Å². The summed E-state index contributed by atoms with van der Waals surface area (Å²) in [7, 11) is 1.26. The van der Waals surface area contributed by atoms with E-state index in [1.54, 1.807) is 18.2 Å². The first kappa shape index (κ1) is 17.7.